The van der Waals surface area contributed by atoms with Crippen molar-refractivity contribution in [2.45, 2.75) is 43.0 Å². The number of carbonyl (C=O) groups excluding carboxylic acids is 1. The Hall–Kier alpha value is -2.60. The Balaban J connectivity index is 1.54. The quantitative estimate of drug-likeness (QED) is 0.638. The molecule has 1 aliphatic rings. The molecule has 1 aromatic heterocycles. The van der Waals surface area contributed by atoms with Gasteiger partial charge in [-0.2, -0.15) is 0 Å². The van der Waals surface area contributed by atoms with Gasteiger partial charge < -0.3 is 5.32 Å². The third-order valence-corrected chi connectivity index (χ3v) is 5.59. The Morgan fingerprint density at radius 1 is 1.15 bits per heavy atom. The number of nitrogens with zero attached hydrogens (tertiary/aromatic N) is 3. The van der Waals surface area contributed by atoms with Gasteiger partial charge in [0.2, 0.25) is 5.91 Å². The number of anilines is 1. The molecule has 3 aromatic rings. The number of hydrogen-bond acceptors (Lipinski definition) is 4. The molecule has 2 aromatic carbocycles. The van der Waals surface area contributed by atoms with Crippen LogP contribution >= 0.6 is 11.8 Å². The summed E-state index contributed by atoms with van der Waals surface area (Å²) in [6.07, 6.45) is 2.30. The van der Waals surface area contributed by atoms with Crippen molar-refractivity contribution >= 4 is 23.4 Å². The van der Waals surface area contributed by atoms with E-state index < -0.39 is 0 Å². The highest BCUT2D eigenvalue weighted by Gasteiger charge is 2.31. The highest BCUT2D eigenvalue weighted by molar-refractivity contribution is 8.00. The van der Waals surface area contributed by atoms with Gasteiger partial charge in [-0.05, 0) is 56.5 Å². The molecule has 6 heteroatoms. The van der Waals surface area contributed by atoms with Crippen molar-refractivity contribution in [3.05, 3.63) is 66.0 Å². The van der Waals surface area contributed by atoms with Crippen molar-refractivity contribution in [1.29, 1.82) is 0 Å². The number of aryl methyl sites for hydroxylation is 1. The van der Waals surface area contributed by atoms with E-state index in [1.807, 2.05) is 56.3 Å². The van der Waals surface area contributed by atoms with Gasteiger partial charge in [-0.15, -0.1) is 10.2 Å². The first-order valence-electron chi connectivity index (χ1n) is 9.17. The second-order valence-corrected chi connectivity index (χ2v) is 8.21. The summed E-state index contributed by atoms with van der Waals surface area (Å²) in [7, 11) is 0. The summed E-state index contributed by atoms with van der Waals surface area (Å²) in [6, 6.07) is 17.9. The number of aromatic nitrogens is 3. The van der Waals surface area contributed by atoms with Gasteiger partial charge >= 0.3 is 0 Å². The lowest BCUT2D eigenvalue weighted by Gasteiger charge is -2.14. The Kier molecular flexibility index (Phi) is 4.99. The second kappa shape index (κ2) is 7.56. The third kappa shape index (κ3) is 4.06. The summed E-state index contributed by atoms with van der Waals surface area (Å²) in [4.78, 5) is 12.6. The van der Waals surface area contributed by atoms with Gasteiger partial charge in [-0.1, -0.05) is 42.1 Å². The molecule has 1 saturated carbocycles. The molecule has 1 fully saturated rings. The molecule has 1 N–H and O–H groups in total. The fourth-order valence-corrected chi connectivity index (χ4v) is 3.84. The van der Waals surface area contributed by atoms with Crippen LogP contribution in [0.2, 0.25) is 0 Å². The molecule has 4 rings (SSSR count). The highest BCUT2D eigenvalue weighted by atomic mass is 32.2. The molecule has 0 radical (unpaired) electrons. The van der Waals surface area contributed by atoms with Crippen LogP contribution in [0.3, 0.4) is 0 Å². The van der Waals surface area contributed by atoms with E-state index in [1.54, 1.807) is 0 Å². The van der Waals surface area contributed by atoms with Gasteiger partial charge in [0.05, 0.1) is 5.25 Å². The maximum atomic E-state index is 12.6. The minimum atomic E-state index is -0.288. The van der Waals surface area contributed by atoms with E-state index in [0.717, 1.165) is 40.8 Å². The lowest BCUT2D eigenvalue weighted by atomic mass is 10.2. The molecular weight excluding hydrogens is 356 g/mol. The van der Waals surface area contributed by atoms with Gasteiger partial charge in [-0.25, -0.2) is 0 Å². The van der Waals surface area contributed by atoms with Crippen molar-refractivity contribution < 1.29 is 4.79 Å². The minimum Gasteiger partial charge on any atom is -0.325 e. The van der Waals surface area contributed by atoms with Gasteiger partial charge in [0.1, 0.15) is 5.82 Å². The molecular formula is C21H22N4OS. The summed E-state index contributed by atoms with van der Waals surface area (Å²) in [6.45, 7) is 3.91. The molecule has 0 aliphatic heterocycles. The van der Waals surface area contributed by atoms with E-state index in [2.05, 4.69) is 32.2 Å². The van der Waals surface area contributed by atoms with Crippen molar-refractivity contribution in [1.82, 2.24) is 14.8 Å². The fourth-order valence-electron chi connectivity index (χ4n) is 2.96. The summed E-state index contributed by atoms with van der Waals surface area (Å²) in [5.74, 6) is 1.43. The zero-order valence-corrected chi connectivity index (χ0v) is 16.2. The molecule has 27 heavy (non-hydrogen) atoms. The summed E-state index contributed by atoms with van der Waals surface area (Å²) in [5, 5.41) is 12.3. The van der Waals surface area contributed by atoms with Crippen molar-refractivity contribution in [3.63, 3.8) is 0 Å². The first-order valence-corrected chi connectivity index (χ1v) is 10.0. The highest BCUT2D eigenvalue weighted by Crippen LogP contribution is 2.41. The molecule has 1 atom stereocenters. The largest absolute Gasteiger partial charge is 0.325 e. The van der Waals surface area contributed by atoms with Gasteiger partial charge in [0, 0.05) is 17.3 Å². The van der Waals surface area contributed by atoms with Gasteiger partial charge in [-0.3, -0.25) is 9.36 Å². The van der Waals surface area contributed by atoms with Crippen molar-refractivity contribution in [2.24, 2.45) is 0 Å². The summed E-state index contributed by atoms with van der Waals surface area (Å²) < 4.78 is 2.10. The van der Waals surface area contributed by atoms with Crippen LogP contribution in [-0.2, 0) is 4.79 Å². The Morgan fingerprint density at radius 3 is 2.63 bits per heavy atom. The number of thioether (sulfide) groups is 1. The van der Waals surface area contributed by atoms with Crippen LogP contribution in [0, 0.1) is 6.92 Å². The van der Waals surface area contributed by atoms with Gasteiger partial charge in [0.15, 0.2) is 5.16 Å². The van der Waals surface area contributed by atoms with Crippen LogP contribution in [0.5, 0.6) is 0 Å². The van der Waals surface area contributed by atoms with Crippen LogP contribution in [-0.4, -0.2) is 25.9 Å². The number of amides is 1. The summed E-state index contributed by atoms with van der Waals surface area (Å²) >= 11 is 1.44. The van der Waals surface area contributed by atoms with E-state index in [9.17, 15) is 4.79 Å². The van der Waals surface area contributed by atoms with Crippen LogP contribution in [0.15, 0.2) is 59.8 Å². The zero-order chi connectivity index (χ0) is 18.8. The number of benzene rings is 2. The second-order valence-electron chi connectivity index (χ2n) is 6.90. The monoisotopic (exact) mass is 378 g/mol. The normalized spacial score (nSPS) is 14.7. The van der Waals surface area contributed by atoms with E-state index in [-0.39, 0.29) is 11.2 Å². The third-order valence-electron chi connectivity index (χ3n) is 4.55. The SMILES string of the molecule is Cc1cccc(NC(=O)C(C)Sc2nnc(C3CC3)n2-c2ccccc2)c1. The number of para-hydroxylation sites is 1. The standard InChI is InChI=1S/C21H22N4OS/c1-14-7-6-8-17(13-14)22-20(26)15(2)27-21-24-23-19(16-11-12-16)25(21)18-9-4-3-5-10-18/h3-10,13,15-16H,11-12H2,1-2H3,(H,22,26). The van der Waals surface area contributed by atoms with E-state index in [4.69, 9.17) is 0 Å². The molecule has 1 amide bonds. The predicted molar refractivity (Wildman–Crippen MR) is 108 cm³/mol. The smallest absolute Gasteiger partial charge is 0.237 e. The lowest BCUT2D eigenvalue weighted by molar-refractivity contribution is -0.115. The maximum Gasteiger partial charge on any atom is 0.237 e. The lowest BCUT2D eigenvalue weighted by Crippen LogP contribution is -2.23. The maximum absolute atomic E-state index is 12.6. The van der Waals surface area contributed by atoms with E-state index in [1.165, 1.54) is 11.8 Å². The predicted octanol–water partition coefficient (Wildman–Crippen LogP) is 4.57. The fraction of sp³-hybridized carbons (Fsp3) is 0.286. The zero-order valence-electron chi connectivity index (χ0n) is 15.4. The summed E-state index contributed by atoms with van der Waals surface area (Å²) in [5.41, 5.74) is 2.97. The molecule has 0 saturated heterocycles. The van der Waals surface area contributed by atoms with Gasteiger partial charge in [0.25, 0.3) is 0 Å². The van der Waals surface area contributed by atoms with Crippen molar-refractivity contribution in [3.8, 4) is 5.69 Å². The number of carbonyl (C=O) groups is 1. The molecule has 0 bridgehead atoms. The molecule has 1 aliphatic carbocycles. The van der Waals surface area contributed by atoms with Crippen LogP contribution in [0.25, 0.3) is 5.69 Å². The van der Waals surface area contributed by atoms with E-state index in [0.29, 0.717) is 5.92 Å². The molecule has 138 valence electrons. The average molecular weight is 379 g/mol. The molecule has 1 unspecified atom stereocenters. The Morgan fingerprint density at radius 2 is 1.93 bits per heavy atom. The number of hydrogen-bond donors (Lipinski definition) is 1. The van der Waals surface area contributed by atoms with Crippen LogP contribution < -0.4 is 5.32 Å². The topological polar surface area (TPSA) is 59.8 Å². The Bertz CT molecular complexity index is 950. The Labute approximate surface area is 163 Å². The number of rotatable bonds is 6. The minimum absolute atomic E-state index is 0.0406. The number of nitrogens with one attached hydrogen (secondary N) is 1. The first kappa shape index (κ1) is 17.8. The van der Waals surface area contributed by atoms with Crippen LogP contribution in [0.4, 0.5) is 5.69 Å². The average Bonchev–Trinajstić information content (AvgIpc) is 3.43. The van der Waals surface area contributed by atoms with E-state index >= 15 is 0 Å². The first-order chi connectivity index (χ1) is 13.1. The molecule has 0 spiro atoms. The molecule has 5 nitrogen and oxygen atoms in total. The van der Waals surface area contributed by atoms with Crippen molar-refractivity contribution in [2.75, 3.05) is 5.32 Å². The molecule has 1 heterocycles. The van der Waals surface area contributed by atoms with Crippen LogP contribution in [0.1, 0.15) is 37.1 Å².